The van der Waals surface area contributed by atoms with E-state index in [-0.39, 0.29) is 12.5 Å². The topological polar surface area (TPSA) is 119 Å². The highest BCUT2D eigenvalue weighted by Crippen LogP contribution is 2.13. The molecule has 186 valence electrons. The molecule has 0 radical (unpaired) electrons. The van der Waals surface area contributed by atoms with Gasteiger partial charge in [-0.3, -0.25) is 4.79 Å². The van der Waals surface area contributed by atoms with Gasteiger partial charge in [0.1, 0.15) is 12.6 Å². The van der Waals surface area contributed by atoms with Crippen LogP contribution in [0.2, 0.25) is 0 Å². The van der Waals surface area contributed by atoms with Gasteiger partial charge in [0, 0.05) is 6.42 Å². The molecule has 0 saturated carbocycles. The molecule has 0 aliphatic heterocycles. The summed E-state index contributed by atoms with van der Waals surface area (Å²) in [5.74, 6) is -3.26. The third kappa shape index (κ3) is 11.5. The molecule has 34 heavy (non-hydrogen) atoms. The first-order valence-corrected chi connectivity index (χ1v) is 10.5. The summed E-state index contributed by atoms with van der Waals surface area (Å²) in [6, 6.07) is 17.6. The van der Waals surface area contributed by atoms with Crippen molar-refractivity contribution in [3.8, 4) is 0 Å². The number of carbonyl (C=O) groups excluding carboxylic acids is 2. The molecule has 10 heteroatoms. The zero-order chi connectivity index (χ0) is 25.7. The second-order valence-electron chi connectivity index (χ2n) is 7.88. The standard InChI is InChI=1S/C22H28N2O3.C2HF3O2/c1-16(2)13-19(23)21(25)24-20(14-17-9-5-3-6-10-17)22(26)27-15-18-11-7-4-8-12-18;3-2(4,5)1(6)7/h3-12,16,19-20H,13-15,23H2,1-2H3,(H,24,25);(H,6,7). The van der Waals surface area contributed by atoms with Crippen LogP contribution in [0, 0.1) is 5.92 Å². The van der Waals surface area contributed by atoms with Crippen molar-refractivity contribution in [2.24, 2.45) is 11.7 Å². The average Bonchev–Trinajstić information content (AvgIpc) is 2.77. The minimum atomic E-state index is -5.08. The van der Waals surface area contributed by atoms with Crippen molar-refractivity contribution in [3.63, 3.8) is 0 Å². The van der Waals surface area contributed by atoms with Crippen LogP contribution in [0.25, 0.3) is 0 Å². The fourth-order valence-corrected chi connectivity index (χ4v) is 2.77. The summed E-state index contributed by atoms with van der Waals surface area (Å²) in [5.41, 5.74) is 7.80. The Hall–Kier alpha value is -3.40. The number of aliphatic carboxylic acids is 1. The molecule has 4 N–H and O–H groups in total. The van der Waals surface area contributed by atoms with Crippen LogP contribution in [0.1, 0.15) is 31.4 Å². The summed E-state index contributed by atoms with van der Waals surface area (Å²) in [5, 5.41) is 9.89. The zero-order valence-electron chi connectivity index (χ0n) is 18.9. The summed E-state index contributed by atoms with van der Waals surface area (Å²) in [7, 11) is 0. The Balaban J connectivity index is 0.000000718. The lowest BCUT2D eigenvalue weighted by Crippen LogP contribution is -2.50. The highest BCUT2D eigenvalue weighted by atomic mass is 19.4. The zero-order valence-corrected chi connectivity index (χ0v) is 18.9. The van der Waals surface area contributed by atoms with E-state index in [9.17, 15) is 22.8 Å². The summed E-state index contributed by atoms with van der Waals surface area (Å²) < 4.78 is 37.2. The number of amides is 1. The first-order chi connectivity index (χ1) is 15.9. The second kappa shape index (κ2) is 14.0. The highest BCUT2D eigenvalue weighted by molar-refractivity contribution is 5.87. The van der Waals surface area contributed by atoms with Gasteiger partial charge >= 0.3 is 18.1 Å². The minimum absolute atomic E-state index is 0.166. The van der Waals surface area contributed by atoms with E-state index in [0.29, 0.717) is 18.8 Å². The lowest BCUT2D eigenvalue weighted by molar-refractivity contribution is -0.192. The van der Waals surface area contributed by atoms with Crippen molar-refractivity contribution < 1.29 is 37.4 Å². The van der Waals surface area contributed by atoms with Gasteiger partial charge in [-0.05, 0) is 23.5 Å². The Kier molecular flexibility index (Phi) is 11.8. The van der Waals surface area contributed by atoms with Crippen LogP contribution in [-0.4, -0.2) is 41.2 Å². The molecule has 0 heterocycles. The largest absolute Gasteiger partial charge is 0.490 e. The van der Waals surface area contributed by atoms with Gasteiger partial charge in [-0.25, -0.2) is 9.59 Å². The number of rotatable bonds is 9. The van der Waals surface area contributed by atoms with Crippen molar-refractivity contribution in [2.45, 2.75) is 51.6 Å². The van der Waals surface area contributed by atoms with Crippen LogP contribution in [0.15, 0.2) is 60.7 Å². The molecule has 0 bridgehead atoms. The summed E-state index contributed by atoms with van der Waals surface area (Å²) in [4.78, 5) is 33.9. The third-order valence-electron chi connectivity index (χ3n) is 4.41. The number of carbonyl (C=O) groups is 3. The molecule has 0 aromatic heterocycles. The van der Waals surface area contributed by atoms with Crippen LogP contribution < -0.4 is 11.1 Å². The molecule has 0 aliphatic rings. The monoisotopic (exact) mass is 482 g/mol. The van der Waals surface area contributed by atoms with Crippen molar-refractivity contribution in [2.75, 3.05) is 0 Å². The van der Waals surface area contributed by atoms with Gasteiger partial charge in [0.25, 0.3) is 0 Å². The maximum Gasteiger partial charge on any atom is 0.490 e. The van der Waals surface area contributed by atoms with Crippen molar-refractivity contribution in [3.05, 3.63) is 71.8 Å². The number of esters is 1. The smallest absolute Gasteiger partial charge is 0.475 e. The molecule has 2 atom stereocenters. The lowest BCUT2D eigenvalue weighted by atomic mass is 10.0. The normalized spacial score (nSPS) is 12.7. The SMILES string of the molecule is CC(C)CC(N)C(=O)NC(Cc1ccccc1)C(=O)OCc1ccccc1.O=C(O)C(F)(F)F. The van der Waals surface area contributed by atoms with Crippen molar-refractivity contribution in [1.82, 2.24) is 5.32 Å². The lowest BCUT2D eigenvalue weighted by Gasteiger charge is -2.21. The second-order valence-corrected chi connectivity index (χ2v) is 7.88. The van der Waals surface area contributed by atoms with Crippen molar-refractivity contribution >= 4 is 17.8 Å². The van der Waals surface area contributed by atoms with Gasteiger partial charge in [0.2, 0.25) is 5.91 Å². The first-order valence-electron chi connectivity index (χ1n) is 10.5. The highest BCUT2D eigenvalue weighted by Gasteiger charge is 2.38. The van der Waals surface area contributed by atoms with Gasteiger partial charge < -0.3 is 20.9 Å². The number of nitrogens with one attached hydrogen (secondary N) is 1. The number of benzene rings is 2. The Morgan fingerprint density at radius 1 is 0.971 bits per heavy atom. The molecule has 0 saturated heterocycles. The fourth-order valence-electron chi connectivity index (χ4n) is 2.77. The predicted octanol–water partition coefficient (Wildman–Crippen LogP) is 3.46. The van der Waals surface area contributed by atoms with Gasteiger partial charge in [0.05, 0.1) is 6.04 Å². The predicted molar refractivity (Wildman–Crippen MR) is 119 cm³/mol. The van der Waals surface area contributed by atoms with Gasteiger partial charge in [-0.1, -0.05) is 74.5 Å². The van der Waals surface area contributed by atoms with Crippen LogP contribution in [0.3, 0.4) is 0 Å². The molecular formula is C24H29F3N2O5. The number of halogens is 3. The molecule has 2 aromatic rings. The van der Waals surface area contributed by atoms with Gasteiger partial charge in [-0.2, -0.15) is 13.2 Å². The average molecular weight is 482 g/mol. The molecule has 0 aliphatic carbocycles. The van der Waals surface area contributed by atoms with Crippen LogP contribution in [0.5, 0.6) is 0 Å². The number of alkyl halides is 3. The number of carboxylic acid groups (broad SMARTS) is 1. The molecule has 7 nitrogen and oxygen atoms in total. The Bertz CT molecular complexity index is 906. The van der Waals surface area contributed by atoms with E-state index in [2.05, 4.69) is 5.32 Å². The number of carboxylic acids is 1. The quantitative estimate of drug-likeness (QED) is 0.471. The number of ether oxygens (including phenoxy) is 1. The molecular weight excluding hydrogens is 453 g/mol. The van der Waals surface area contributed by atoms with Gasteiger partial charge in [0.15, 0.2) is 0 Å². The molecule has 2 unspecified atom stereocenters. The van der Waals surface area contributed by atoms with E-state index in [4.69, 9.17) is 20.4 Å². The van der Waals surface area contributed by atoms with E-state index in [1.54, 1.807) is 0 Å². The van der Waals surface area contributed by atoms with Crippen molar-refractivity contribution in [1.29, 1.82) is 0 Å². The molecule has 2 rings (SSSR count). The van der Waals surface area contributed by atoms with E-state index in [1.807, 2.05) is 74.5 Å². The Morgan fingerprint density at radius 3 is 1.88 bits per heavy atom. The Labute approximate surface area is 196 Å². The third-order valence-corrected chi connectivity index (χ3v) is 4.41. The van der Waals surface area contributed by atoms with E-state index in [1.165, 1.54) is 0 Å². The number of hydrogen-bond donors (Lipinski definition) is 3. The summed E-state index contributed by atoms with van der Waals surface area (Å²) in [6.07, 6.45) is -4.17. The van der Waals surface area contributed by atoms with Crippen LogP contribution in [-0.2, 0) is 32.1 Å². The molecule has 0 fully saturated rings. The number of nitrogens with two attached hydrogens (primary N) is 1. The fraction of sp³-hybridized carbons (Fsp3) is 0.375. The van der Waals surface area contributed by atoms with E-state index >= 15 is 0 Å². The molecule has 0 spiro atoms. The number of hydrogen-bond acceptors (Lipinski definition) is 5. The summed E-state index contributed by atoms with van der Waals surface area (Å²) >= 11 is 0. The van der Waals surface area contributed by atoms with E-state index in [0.717, 1.165) is 11.1 Å². The maximum absolute atomic E-state index is 12.6. The molecule has 1 amide bonds. The van der Waals surface area contributed by atoms with Crippen LogP contribution in [0.4, 0.5) is 13.2 Å². The summed E-state index contributed by atoms with van der Waals surface area (Å²) in [6.45, 7) is 4.17. The van der Waals surface area contributed by atoms with Gasteiger partial charge in [-0.15, -0.1) is 0 Å². The maximum atomic E-state index is 12.6. The molecule has 2 aromatic carbocycles. The Morgan fingerprint density at radius 2 is 1.44 bits per heavy atom. The van der Waals surface area contributed by atoms with E-state index < -0.39 is 30.2 Å². The first kappa shape index (κ1) is 28.6. The van der Waals surface area contributed by atoms with Crippen LogP contribution >= 0.6 is 0 Å². The minimum Gasteiger partial charge on any atom is -0.475 e.